The highest BCUT2D eigenvalue weighted by Gasteiger charge is 2.25. The number of nitrogens with zero attached hydrogens (tertiary/aromatic N) is 3. The van der Waals surface area contributed by atoms with Crippen LogP contribution in [0.25, 0.3) is 11.3 Å². The van der Waals surface area contributed by atoms with Crippen LogP contribution in [0, 0.1) is 0 Å². The number of hydrogen-bond donors (Lipinski definition) is 3. The second kappa shape index (κ2) is 8.78. The zero-order valence-electron chi connectivity index (χ0n) is 17.3. The lowest BCUT2D eigenvalue weighted by Crippen LogP contribution is -2.38. The highest BCUT2D eigenvalue weighted by molar-refractivity contribution is 6.30. The molecule has 1 saturated heterocycles. The van der Waals surface area contributed by atoms with Crippen molar-refractivity contribution >= 4 is 34.5 Å². The number of hydrazine groups is 1. The van der Waals surface area contributed by atoms with E-state index in [2.05, 4.69) is 44.3 Å². The lowest BCUT2D eigenvalue weighted by molar-refractivity contribution is 0.298. The number of aromatic nitrogens is 2. The summed E-state index contributed by atoms with van der Waals surface area (Å²) < 4.78 is 7.45. The first-order chi connectivity index (χ1) is 15.6. The summed E-state index contributed by atoms with van der Waals surface area (Å²) in [5.41, 5.74) is 7.36. The molecule has 5 rings (SSSR count). The summed E-state index contributed by atoms with van der Waals surface area (Å²) in [5, 5.41) is 10.3. The fourth-order valence-corrected chi connectivity index (χ4v) is 4.29. The summed E-state index contributed by atoms with van der Waals surface area (Å²) in [6, 6.07) is 13.9. The lowest BCUT2D eigenvalue weighted by Gasteiger charge is -2.24. The van der Waals surface area contributed by atoms with Crippen LogP contribution in [-0.4, -0.2) is 40.9 Å². The Morgan fingerprint density at radius 1 is 1.19 bits per heavy atom. The molecule has 3 aromatic rings. The van der Waals surface area contributed by atoms with Crippen molar-refractivity contribution in [3.63, 3.8) is 0 Å². The van der Waals surface area contributed by atoms with Crippen molar-refractivity contribution in [1.82, 2.24) is 25.3 Å². The molecule has 2 aliphatic rings. The van der Waals surface area contributed by atoms with Gasteiger partial charge in [-0.3, -0.25) is 5.01 Å². The van der Waals surface area contributed by atoms with Crippen molar-refractivity contribution in [2.45, 2.75) is 6.04 Å². The van der Waals surface area contributed by atoms with Crippen molar-refractivity contribution in [1.29, 1.82) is 0 Å². The zero-order valence-corrected chi connectivity index (χ0v) is 18.9. The molecular weight excluding hydrogens is 447 g/mol. The van der Waals surface area contributed by atoms with Crippen LogP contribution in [0.15, 0.2) is 73.0 Å². The van der Waals surface area contributed by atoms with Crippen molar-refractivity contribution in [3.05, 3.63) is 88.7 Å². The topological polar surface area (TPSA) is 66.4 Å². The van der Waals surface area contributed by atoms with Gasteiger partial charge in [-0.25, -0.2) is 10.4 Å². The molecular formula is C23H22Cl2N6O. The van der Waals surface area contributed by atoms with E-state index in [0.29, 0.717) is 16.8 Å². The van der Waals surface area contributed by atoms with Crippen LogP contribution >= 0.6 is 23.2 Å². The highest BCUT2D eigenvalue weighted by atomic mass is 35.5. The summed E-state index contributed by atoms with van der Waals surface area (Å²) >= 11 is 12.2. The molecule has 1 fully saturated rings. The quantitative estimate of drug-likeness (QED) is 0.519. The third-order valence-corrected chi connectivity index (χ3v) is 5.85. The van der Waals surface area contributed by atoms with Gasteiger partial charge >= 0.3 is 0 Å². The lowest BCUT2D eigenvalue weighted by atomic mass is 10.1. The average Bonchev–Trinajstić information content (AvgIpc) is 3.39. The maximum absolute atomic E-state index is 6.24. The maximum Gasteiger partial charge on any atom is 0.147 e. The number of rotatable bonds is 5. The van der Waals surface area contributed by atoms with Crippen LogP contribution < -0.4 is 20.8 Å². The monoisotopic (exact) mass is 468 g/mol. The molecule has 7 nitrogen and oxygen atoms in total. The normalized spacial score (nSPS) is 17.7. The number of ether oxygens (including phenoxy) is 1. The van der Waals surface area contributed by atoms with Crippen LogP contribution in [-0.2, 0) is 0 Å². The Labute approximate surface area is 196 Å². The second-order valence-corrected chi connectivity index (χ2v) is 8.32. The van der Waals surface area contributed by atoms with Crippen LogP contribution in [0.5, 0.6) is 5.75 Å². The van der Waals surface area contributed by atoms with E-state index >= 15 is 0 Å². The standard InChI is InChI=1S/C23H22Cl2N6O/c1-32-21-10-17(6-8-20(21)30-12-22(25)27-14-30)29-18-5-7-19(15-3-2-4-16(24)9-15)23-26-13-28-31(23)11-18/h2-10,12,14,18,26,28-29H,11,13H2,1H3. The minimum Gasteiger partial charge on any atom is -0.494 e. The average molecular weight is 469 g/mol. The largest absolute Gasteiger partial charge is 0.494 e. The molecule has 2 aliphatic heterocycles. The number of halogens is 2. The Morgan fingerprint density at radius 3 is 2.88 bits per heavy atom. The first-order valence-corrected chi connectivity index (χ1v) is 10.9. The number of anilines is 1. The molecule has 0 spiro atoms. The molecule has 1 atom stereocenters. The molecule has 2 aromatic carbocycles. The number of benzene rings is 2. The first-order valence-electron chi connectivity index (χ1n) is 10.2. The van der Waals surface area contributed by atoms with Crippen LogP contribution in [0.4, 0.5) is 5.69 Å². The zero-order chi connectivity index (χ0) is 22.1. The van der Waals surface area contributed by atoms with Gasteiger partial charge in [-0.05, 0) is 29.8 Å². The Bertz CT molecular complexity index is 1200. The van der Waals surface area contributed by atoms with E-state index in [1.54, 1.807) is 19.6 Å². The molecule has 0 radical (unpaired) electrons. The molecule has 3 heterocycles. The fraction of sp³-hybridized carbons (Fsp3) is 0.174. The molecule has 0 aliphatic carbocycles. The smallest absolute Gasteiger partial charge is 0.147 e. The SMILES string of the molecule is COc1cc(NC2C=CC(c3cccc(Cl)c3)=C3NCNN3C2)ccc1-n1cnc(Cl)c1. The van der Waals surface area contributed by atoms with Gasteiger partial charge in [0.05, 0.1) is 32.1 Å². The van der Waals surface area contributed by atoms with Gasteiger partial charge in [-0.15, -0.1) is 0 Å². The van der Waals surface area contributed by atoms with E-state index < -0.39 is 0 Å². The minimum atomic E-state index is 0.0623. The van der Waals surface area contributed by atoms with Crippen LogP contribution in [0.1, 0.15) is 5.56 Å². The molecule has 32 heavy (non-hydrogen) atoms. The van der Waals surface area contributed by atoms with Gasteiger partial charge in [0.1, 0.15) is 23.1 Å². The number of allylic oxidation sites excluding steroid dienone is 2. The molecule has 0 amide bonds. The summed E-state index contributed by atoms with van der Waals surface area (Å²) in [7, 11) is 1.65. The highest BCUT2D eigenvalue weighted by Crippen LogP contribution is 2.30. The van der Waals surface area contributed by atoms with Crippen molar-refractivity contribution in [3.8, 4) is 11.4 Å². The molecule has 164 valence electrons. The van der Waals surface area contributed by atoms with Crippen LogP contribution in [0.3, 0.4) is 0 Å². The fourth-order valence-electron chi connectivity index (χ4n) is 3.95. The predicted molar refractivity (Wildman–Crippen MR) is 128 cm³/mol. The Balaban J connectivity index is 1.40. The third-order valence-electron chi connectivity index (χ3n) is 5.42. The van der Waals surface area contributed by atoms with Gasteiger partial charge < -0.3 is 19.9 Å². The van der Waals surface area contributed by atoms with Gasteiger partial charge in [0.15, 0.2) is 0 Å². The summed E-state index contributed by atoms with van der Waals surface area (Å²) in [6.45, 7) is 1.42. The van der Waals surface area contributed by atoms with E-state index in [0.717, 1.165) is 40.6 Å². The number of methoxy groups -OCH3 is 1. The van der Waals surface area contributed by atoms with E-state index in [1.807, 2.05) is 41.0 Å². The number of imidazole rings is 1. The molecule has 0 bridgehead atoms. The van der Waals surface area contributed by atoms with E-state index in [-0.39, 0.29) is 6.04 Å². The number of fused-ring (bicyclic) bond motifs is 1. The van der Waals surface area contributed by atoms with Gasteiger partial charge in [0.25, 0.3) is 0 Å². The van der Waals surface area contributed by atoms with Gasteiger partial charge in [0.2, 0.25) is 0 Å². The van der Waals surface area contributed by atoms with E-state index in [4.69, 9.17) is 27.9 Å². The summed E-state index contributed by atoms with van der Waals surface area (Å²) in [6.07, 6.45) is 7.72. The summed E-state index contributed by atoms with van der Waals surface area (Å²) in [4.78, 5) is 4.08. The van der Waals surface area contributed by atoms with E-state index in [9.17, 15) is 0 Å². The van der Waals surface area contributed by atoms with Crippen molar-refractivity contribution < 1.29 is 4.74 Å². The molecule has 1 aromatic heterocycles. The van der Waals surface area contributed by atoms with Crippen molar-refractivity contribution in [2.24, 2.45) is 0 Å². The van der Waals surface area contributed by atoms with Gasteiger partial charge in [-0.1, -0.05) is 47.5 Å². The number of nitrogens with one attached hydrogen (secondary N) is 3. The van der Waals surface area contributed by atoms with E-state index in [1.165, 1.54) is 0 Å². The first kappa shape index (κ1) is 20.8. The van der Waals surface area contributed by atoms with Crippen molar-refractivity contribution in [2.75, 3.05) is 25.6 Å². The maximum atomic E-state index is 6.24. The second-order valence-electron chi connectivity index (χ2n) is 7.50. The molecule has 3 N–H and O–H groups in total. The molecule has 0 saturated carbocycles. The Morgan fingerprint density at radius 2 is 2.09 bits per heavy atom. The minimum absolute atomic E-state index is 0.0623. The molecule has 9 heteroatoms. The van der Waals surface area contributed by atoms with Crippen LogP contribution in [0.2, 0.25) is 10.2 Å². The summed E-state index contributed by atoms with van der Waals surface area (Å²) in [5.74, 6) is 1.76. The van der Waals surface area contributed by atoms with Gasteiger partial charge in [-0.2, -0.15) is 0 Å². The predicted octanol–water partition coefficient (Wildman–Crippen LogP) is 4.27. The van der Waals surface area contributed by atoms with Gasteiger partial charge in [0, 0.05) is 28.5 Å². The third kappa shape index (κ3) is 4.14. The Hall–Kier alpha value is -3.13. The number of hydrogen-bond acceptors (Lipinski definition) is 6. The Kier molecular flexibility index (Phi) is 5.70. The molecule has 1 unspecified atom stereocenters.